The van der Waals surface area contributed by atoms with E-state index in [0.29, 0.717) is 17.1 Å². The minimum Gasteiger partial charge on any atom is -0.468 e. The molecule has 1 atom stereocenters. The second-order valence-electron chi connectivity index (χ2n) is 5.61. The van der Waals surface area contributed by atoms with E-state index in [0.717, 1.165) is 11.1 Å². The third-order valence-electron chi connectivity index (χ3n) is 3.82. The normalized spacial score (nSPS) is 11.6. The number of esters is 1. The van der Waals surface area contributed by atoms with Crippen LogP contribution in [0.15, 0.2) is 48.5 Å². The molecule has 0 saturated heterocycles. The Kier molecular flexibility index (Phi) is 6.98. The van der Waals surface area contributed by atoms with Crippen LogP contribution in [0.4, 0.5) is 5.69 Å². The molecule has 5 nitrogen and oxygen atoms in total. The number of halogens is 1. The number of amides is 1. The number of carbonyl (C=O) groups is 2. The number of hydrogen-bond donors (Lipinski definition) is 2. The van der Waals surface area contributed by atoms with Gasteiger partial charge in [-0.1, -0.05) is 48.0 Å². The van der Waals surface area contributed by atoms with Gasteiger partial charge < -0.3 is 10.1 Å². The zero-order chi connectivity index (χ0) is 18.2. The summed E-state index contributed by atoms with van der Waals surface area (Å²) in [7, 11) is 1.33. The molecule has 0 aliphatic heterocycles. The highest BCUT2D eigenvalue weighted by molar-refractivity contribution is 6.31. The first-order valence-electron chi connectivity index (χ1n) is 7.91. The molecule has 0 aliphatic carbocycles. The van der Waals surface area contributed by atoms with Gasteiger partial charge >= 0.3 is 5.97 Å². The number of rotatable bonds is 7. The average molecular weight is 361 g/mol. The van der Waals surface area contributed by atoms with Crippen LogP contribution in [-0.2, 0) is 20.7 Å². The molecule has 0 unspecified atom stereocenters. The Morgan fingerprint density at radius 3 is 2.52 bits per heavy atom. The van der Waals surface area contributed by atoms with E-state index in [4.69, 9.17) is 16.3 Å². The smallest absolute Gasteiger partial charge is 0.323 e. The minimum atomic E-state index is -0.599. The fraction of sp³-hybridized carbons (Fsp3) is 0.263. The fourth-order valence-electron chi connectivity index (χ4n) is 2.38. The first kappa shape index (κ1) is 19.0. The van der Waals surface area contributed by atoms with Crippen molar-refractivity contribution in [1.29, 1.82) is 0 Å². The van der Waals surface area contributed by atoms with Gasteiger partial charge in [-0.15, -0.1) is 0 Å². The van der Waals surface area contributed by atoms with E-state index in [1.807, 2.05) is 37.3 Å². The van der Waals surface area contributed by atoms with Crippen molar-refractivity contribution in [2.24, 2.45) is 0 Å². The second-order valence-corrected chi connectivity index (χ2v) is 6.01. The number of carbonyl (C=O) groups excluding carboxylic acids is 2. The fourth-order valence-corrected chi connectivity index (χ4v) is 2.56. The van der Waals surface area contributed by atoms with Crippen molar-refractivity contribution in [3.05, 3.63) is 64.7 Å². The number of nitrogens with one attached hydrogen (secondary N) is 2. The van der Waals surface area contributed by atoms with E-state index in [1.165, 1.54) is 7.11 Å². The first-order valence-corrected chi connectivity index (χ1v) is 8.29. The van der Waals surface area contributed by atoms with Gasteiger partial charge in [0.2, 0.25) is 5.91 Å². The molecule has 25 heavy (non-hydrogen) atoms. The molecule has 6 heteroatoms. The van der Waals surface area contributed by atoms with E-state index >= 15 is 0 Å². The second kappa shape index (κ2) is 9.20. The van der Waals surface area contributed by atoms with Gasteiger partial charge in [-0.05, 0) is 36.6 Å². The molecule has 1 amide bonds. The van der Waals surface area contributed by atoms with Crippen molar-refractivity contribution in [3.63, 3.8) is 0 Å². The molecule has 0 aliphatic rings. The lowest BCUT2D eigenvalue weighted by molar-refractivity contribution is -0.143. The van der Waals surface area contributed by atoms with Crippen molar-refractivity contribution < 1.29 is 14.3 Å². The molecule has 2 rings (SSSR count). The van der Waals surface area contributed by atoms with E-state index in [2.05, 4.69) is 10.6 Å². The van der Waals surface area contributed by atoms with Gasteiger partial charge in [-0.3, -0.25) is 14.9 Å². The zero-order valence-corrected chi connectivity index (χ0v) is 15.0. The van der Waals surface area contributed by atoms with Crippen LogP contribution in [-0.4, -0.2) is 31.6 Å². The molecule has 2 aromatic rings. The number of benzene rings is 2. The summed E-state index contributed by atoms with van der Waals surface area (Å²) in [4.78, 5) is 24.1. The van der Waals surface area contributed by atoms with Crippen LogP contribution >= 0.6 is 11.6 Å². The number of ether oxygens (including phenoxy) is 1. The van der Waals surface area contributed by atoms with Gasteiger partial charge in [0.25, 0.3) is 0 Å². The van der Waals surface area contributed by atoms with Crippen molar-refractivity contribution in [2.75, 3.05) is 19.0 Å². The molecule has 0 bridgehead atoms. The SMILES string of the molecule is COC(=O)[C@H](Cc1ccccc1)NCC(=O)Nc1cccc(Cl)c1C. The molecule has 0 fully saturated rings. The van der Waals surface area contributed by atoms with Crippen LogP contribution < -0.4 is 10.6 Å². The van der Waals surface area contributed by atoms with Crippen LogP contribution in [0, 0.1) is 6.92 Å². The lowest BCUT2D eigenvalue weighted by atomic mass is 10.1. The van der Waals surface area contributed by atoms with Gasteiger partial charge in [0.05, 0.1) is 13.7 Å². The Morgan fingerprint density at radius 2 is 1.84 bits per heavy atom. The molecule has 132 valence electrons. The molecule has 2 N–H and O–H groups in total. The minimum absolute atomic E-state index is 0.0153. The van der Waals surface area contributed by atoms with Crippen LogP contribution in [0.5, 0.6) is 0 Å². The van der Waals surface area contributed by atoms with Crippen LogP contribution in [0.1, 0.15) is 11.1 Å². The van der Waals surface area contributed by atoms with E-state index in [9.17, 15) is 9.59 Å². The molecule has 0 saturated carbocycles. The summed E-state index contributed by atoms with van der Waals surface area (Å²) in [6.07, 6.45) is 0.441. The summed E-state index contributed by atoms with van der Waals surface area (Å²) < 4.78 is 4.82. The van der Waals surface area contributed by atoms with E-state index in [1.54, 1.807) is 18.2 Å². The largest absolute Gasteiger partial charge is 0.468 e. The van der Waals surface area contributed by atoms with Gasteiger partial charge in [-0.25, -0.2) is 0 Å². The van der Waals surface area contributed by atoms with Crippen molar-refractivity contribution in [2.45, 2.75) is 19.4 Å². The Labute approximate surface area is 152 Å². The molecule has 0 radical (unpaired) electrons. The maximum atomic E-state index is 12.2. The average Bonchev–Trinajstić information content (AvgIpc) is 2.62. The number of hydrogen-bond acceptors (Lipinski definition) is 4. The lowest BCUT2D eigenvalue weighted by Gasteiger charge is -2.17. The summed E-state index contributed by atoms with van der Waals surface area (Å²) in [6.45, 7) is 1.82. The van der Waals surface area contributed by atoms with Gasteiger partial charge in [-0.2, -0.15) is 0 Å². The third-order valence-corrected chi connectivity index (χ3v) is 4.23. The molecule has 0 heterocycles. The monoisotopic (exact) mass is 360 g/mol. The van der Waals surface area contributed by atoms with Crippen LogP contribution in [0.25, 0.3) is 0 Å². The van der Waals surface area contributed by atoms with Gasteiger partial charge in [0.1, 0.15) is 6.04 Å². The standard InChI is InChI=1S/C19H21ClN2O3/c1-13-15(20)9-6-10-16(13)22-18(23)12-21-17(19(24)25-2)11-14-7-4-3-5-8-14/h3-10,17,21H,11-12H2,1-2H3,(H,22,23)/t17-/m0/s1. The first-order chi connectivity index (χ1) is 12.0. The third kappa shape index (κ3) is 5.59. The van der Waals surface area contributed by atoms with Crippen LogP contribution in [0.3, 0.4) is 0 Å². The van der Waals surface area contributed by atoms with Gasteiger partial charge in [0.15, 0.2) is 0 Å². The predicted molar refractivity (Wildman–Crippen MR) is 98.8 cm³/mol. The summed E-state index contributed by atoms with van der Waals surface area (Å²) >= 11 is 6.05. The maximum absolute atomic E-state index is 12.2. The highest BCUT2D eigenvalue weighted by atomic mass is 35.5. The lowest BCUT2D eigenvalue weighted by Crippen LogP contribution is -2.43. The number of methoxy groups -OCH3 is 1. The highest BCUT2D eigenvalue weighted by Crippen LogP contribution is 2.22. The Bertz CT molecular complexity index is 735. The van der Waals surface area contributed by atoms with E-state index < -0.39 is 12.0 Å². The van der Waals surface area contributed by atoms with Crippen molar-refractivity contribution in [1.82, 2.24) is 5.32 Å². The maximum Gasteiger partial charge on any atom is 0.323 e. The Hall–Kier alpha value is -2.37. The summed E-state index contributed by atoms with van der Waals surface area (Å²) in [6, 6.07) is 14.3. The zero-order valence-electron chi connectivity index (χ0n) is 14.2. The summed E-state index contributed by atoms with van der Waals surface area (Å²) in [5, 5.41) is 6.33. The topological polar surface area (TPSA) is 67.4 Å². The highest BCUT2D eigenvalue weighted by Gasteiger charge is 2.20. The van der Waals surface area contributed by atoms with Crippen molar-refractivity contribution >= 4 is 29.2 Å². The van der Waals surface area contributed by atoms with Crippen LogP contribution in [0.2, 0.25) is 5.02 Å². The Morgan fingerprint density at radius 1 is 1.12 bits per heavy atom. The summed E-state index contributed by atoms with van der Waals surface area (Å²) in [5.41, 5.74) is 2.43. The molecule has 0 spiro atoms. The molecular formula is C19H21ClN2O3. The van der Waals surface area contributed by atoms with E-state index in [-0.39, 0.29) is 12.5 Å². The number of anilines is 1. The molecular weight excluding hydrogens is 340 g/mol. The summed E-state index contributed by atoms with van der Waals surface area (Å²) in [5.74, 6) is -0.664. The van der Waals surface area contributed by atoms with Gasteiger partial charge in [0, 0.05) is 10.7 Å². The molecule has 2 aromatic carbocycles. The quantitative estimate of drug-likeness (QED) is 0.745. The molecule has 0 aromatic heterocycles. The van der Waals surface area contributed by atoms with Crippen molar-refractivity contribution in [3.8, 4) is 0 Å². The predicted octanol–water partition coefficient (Wildman–Crippen LogP) is 2.96. The Balaban J connectivity index is 1.96.